The van der Waals surface area contributed by atoms with E-state index in [1.807, 2.05) is 15.5 Å². The maximum Gasteiger partial charge on any atom is 0.326 e. The first kappa shape index (κ1) is 95.9. The van der Waals surface area contributed by atoms with Gasteiger partial charge in [0.05, 0.1) is 31.7 Å². The molecule has 1 fully saturated rings. The zero-order valence-corrected chi connectivity index (χ0v) is 66.2. The first-order chi connectivity index (χ1) is 51.3. The highest BCUT2D eigenvalue weighted by Crippen LogP contribution is 2.74. The molecule has 3 rings (SSSR count). The van der Waals surface area contributed by atoms with Crippen molar-refractivity contribution in [3.8, 4) is 0 Å². The van der Waals surface area contributed by atoms with E-state index in [1.165, 1.54) is 30.5 Å². The number of nitrogens with one attached hydrogen (secondary N) is 8. The molecular weight excluding hydrogens is 1530 g/mol. The van der Waals surface area contributed by atoms with E-state index in [0.29, 0.717) is 37.0 Å². The van der Waals surface area contributed by atoms with Crippen LogP contribution in [0.25, 0.3) is 0 Å². The lowest BCUT2D eigenvalue weighted by Crippen LogP contribution is -2.51. The highest BCUT2D eigenvalue weighted by atomic mass is 32.3. The van der Waals surface area contributed by atoms with E-state index in [2.05, 4.69) is 42.2 Å². The molecule has 0 bridgehead atoms. The van der Waals surface area contributed by atoms with Gasteiger partial charge in [-0.2, -0.15) is 3.89 Å². The molecular formula is C66H108FN14O25P3S. The van der Waals surface area contributed by atoms with Crippen molar-refractivity contribution in [2.75, 3.05) is 96.2 Å². The summed E-state index contributed by atoms with van der Waals surface area (Å²) in [6, 6.07) is -3.07. The number of rotatable bonds is 50. The summed E-state index contributed by atoms with van der Waals surface area (Å²) in [6.07, 6.45) is -2.95. The Bertz CT molecular complexity index is 3570. The summed E-state index contributed by atoms with van der Waals surface area (Å²) >= 11 is 0. The molecule has 0 radical (unpaired) electrons. The topological polar surface area (TPSA) is 592 Å². The number of benzene rings is 1. The third-order valence-corrected chi connectivity index (χ3v) is 26.4. The zero-order valence-electron chi connectivity index (χ0n) is 62.6. The van der Waals surface area contributed by atoms with Crippen molar-refractivity contribution in [1.82, 2.24) is 72.2 Å². The van der Waals surface area contributed by atoms with Crippen molar-refractivity contribution < 1.29 is 126 Å². The maximum atomic E-state index is 17.1. The van der Waals surface area contributed by atoms with Crippen LogP contribution in [-0.2, 0) is 73.2 Å². The highest BCUT2D eigenvalue weighted by molar-refractivity contribution is 8.31. The van der Waals surface area contributed by atoms with Crippen LogP contribution in [0.3, 0.4) is 0 Å². The minimum atomic E-state index is -4.09. The van der Waals surface area contributed by atoms with Crippen LogP contribution in [0, 0.1) is 0 Å². The van der Waals surface area contributed by atoms with Gasteiger partial charge in [-0.3, -0.25) is 67.0 Å². The molecule has 2 heterocycles. The fourth-order valence-electron chi connectivity index (χ4n) is 11.5. The van der Waals surface area contributed by atoms with Gasteiger partial charge in [0.25, 0.3) is 5.91 Å². The number of unbranched alkanes of at least 4 members (excludes halogenated alkanes) is 1. The SMILES string of the molecule is CC(C)(C)S(F)(c1ccc(C(=O)NC[C@@H](C(=O)N[C@@H](CCCCNC(=O)CCC(=O)NCCC[C@@H](NC(=O)CC[C@H](NC(=O)N[C@@H](CCCC(=O)O)C(=O)O)C(=O)O)C(=O)O)C(=O)O)n2cc(CNC(=O)CCP(=O)(O)CN3CCN(CPCCC(=O)O)CCN(CP(=O)(O)CCC(=O)O)CC3)nn2)cc1)C(C)(C)C. The Hall–Kier alpha value is -8.29. The lowest BCUT2D eigenvalue weighted by molar-refractivity contribution is -0.142. The molecule has 44 heteroatoms. The van der Waals surface area contributed by atoms with E-state index in [4.69, 9.17) is 15.3 Å². The molecule has 8 amide bonds. The third kappa shape index (κ3) is 36.3. The Labute approximate surface area is 639 Å². The Kier molecular flexibility index (Phi) is 40.6. The quantitative estimate of drug-likeness (QED) is 0.0333. The molecule has 39 nitrogen and oxygen atoms in total. The number of aromatic nitrogens is 3. The molecule has 17 N–H and O–H groups in total. The zero-order chi connectivity index (χ0) is 82.7. The van der Waals surface area contributed by atoms with Gasteiger partial charge in [0, 0.05) is 136 Å². The van der Waals surface area contributed by atoms with Crippen molar-refractivity contribution in [1.29, 1.82) is 0 Å². The van der Waals surface area contributed by atoms with Crippen LogP contribution in [0.2, 0.25) is 0 Å². The van der Waals surface area contributed by atoms with E-state index < -0.39 is 193 Å². The molecule has 2 aromatic rings. The van der Waals surface area contributed by atoms with Gasteiger partial charge in [0.15, 0.2) is 0 Å². The van der Waals surface area contributed by atoms with Crippen molar-refractivity contribution in [2.24, 2.45) is 0 Å². The number of carboxylic acids is 7. The summed E-state index contributed by atoms with van der Waals surface area (Å²) in [5.41, 5.74) is 0.160. The van der Waals surface area contributed by atoms with Crippen molar-refractivity contribution in [3.05, 3.63) is 41.7 Å². The number of carboxylic acid groups (broad SMARTS) is 7. The summed E-state index contributed by atoms with van der Waals surface area (Å²) in [5.74, 6) is -13.8. The number of hydrogen-bond donors (Lipinski definition) is 17. The Morgan fingerprint density at radius 1 is 0.518 bits per heavy atom. The number of aliphatic carboxylic acids is 7. The molecule has 3 unspecified atom stereocenters. The molecule has 1 aromatic carbocycles. The molecule has 1 aliphatic rings. The molecule has 0 spiro atoms. The molecule has 8 atom stereocenters. The summed E-state index contributed by atoms with van der Waals surface area (Å²) in [4.78, 5) is 200. The second-order valence-corrected chi connectivity index (χ2v) is 38.5. The molecule has 1 aromatic heterocycles. The van der Waals surface area contributed by atoms with Crippen LogP contribution in [0.5, 0.6) is 0 Å². The minimum Gasteiger partial charge on any atom is -0.481 e. The summed E-state index contributed by atoms with van der Waals surface area (Å²) in [6.45, 7) is 11.7. The van der Waals surface area contributed by atoms with Gasteiger partial charge in [0.2, 0.25) is 44.3 Å². The van der Waals surface area contributed by atoms with E-state index >= 15 is 3.89 Å². The van der Waals surface area contributed by atoms with Gasteiger partial charge in [-0.05, 0) is 123 Å². The number of amides is 8. The molecule has 1 aliphatic heterocycles. The summed E-state index contributed by atoms with van der Waals surface area (Å²) in [7, 11) is -10.8. The van der Waals surface area contributed by atoms with Crippen LogP contribution in [-0.4, -0.2) is 288 Å². The average molecular weight is 1640 g/mol. The minimum absolute atomic E-state index is 0.0149. The largest absolute Gasteiger partial charge is 0.481 e. The van der Waals surface area contributed by atoms with Gasteiger partial charge in [0.1, 0.15) is 35.9 Å². The van der Waals surface area contributed by atoms with Gasteiger partial charge >= 0.3 is 47.8 Å². The predicted molar refractivity (Wildman–Crippen MR) is 400 cm³/mol. The smallest absolute Gasteiger partial charge is 0.326 e. The molecule has 110 heavy (non-hydrogen) atoms. The summed E-state index contributed by atoms with van der Waals surface area (Å²) in [5, 5.41) is 93.1. The monoisotopic (exact) mass is 1640 g/mol. The Morgan fingerprint density at radius 3 is 1.48 bits per heavy atom. The Balaban J connectivity index is 1.62. The summed E-state index contributed by atoms with van der Waals surface area (Å²) < 4.78 is 43.3. The molecule has 0 saturated carbocycles. The van der Waals surface area contributed by atoms with Crippen molar-refractivity contribution >= 4 is 117 Å². The van der Waals surface area contributed by atoms with Crippen LogP contribution in [0.4, 0.5) is 8.68 Å². The second-order valence-electron chi connectivity index (χ2n) is 28.4. The predicted octanol–water partition coefficient (Wildman–Crippen LogP) is 2.20. The van der Waals surface area contributed by atoms with Crippen LogP contribution >= 0.6 is 33.7 Å². The lowest BCUT2D eigenvalue weighted by Gasteiger charge is -2.52. The first-order valence-corrected chi connectivity index (χ1v) is 42.7. The first-order valence-electron chi connectivity index (χ1n) is 35.7. The van der Waals surface area contributed by atoms with Crippen LogP contribution in [0.15, 0.2) is 35.4 Å². The standard InChI is InChI=1S/C66H108FN14O25P3S/c1-65(2,3)110(67,66(4,5)6)45-17-15-43(16-18-45)58(92)71-38-50(81-39-44(76-77-81)37-70-53(84)24-35-108(103,104)41-79-30-28-78(40-107-34-23-56(88)89)29-31-80(33-32-79)42-109(105,106)36-25-57(90)91)59(93)73-47(61(96)97)11-7-8-26-68-51(82)21-22-52(83)69-27-10-13-46(60(94)95)72-54(85)20-19-49(63(100)101)75-64(102)74-48(62(98)99)12-9-14-55(86)87/h15-18,39,46-50,107H,7-14,19-38,40-42H2,1-6H3,(H,68,82)(H,69,83)(H,70,84)(H,71,92)(H,72,85)(H,73,93)(H,86,87)(H,88,89)(H,90,91)(H,94,95)(H,96,97)(H,98,99)(H,100,101)(H,103,104)(H,105,106)(H2,74,75,102)/t46-,47+,48+,49+,50+/m1/s1. The van der Waals surface area contributed by atoms with Gasteiger partial charge in [-0.1, -0.05) is 15.6 Å². The second kappa shape index (κ2) is 46.5. The van der Waals surface area contributed by atoms with E-state index in [1.54, 1.807) is 51.3 Å². The number of urea groups is 1. The normalized spacial score (nSPS) is 16.1. The Morgan fingerprint density at radius 2 is 0.973 bits per heavy atom. The maximum absolute atomic E-state index is 17.1. The average Bonchev–Trinajstić information content (AvgIpc) is 0.813. The third-order valence-electron chi connectivity index (χ3n) is 17.3. The van der Waals surface area contributed by atoms with E-state index in [-0.39, 0.29) is 142 Å². The number of carbonyl (C=O) groups excluding carboxylic acids is 7. The molecule has 1 saturated heterocycles. The number of nitrogens with zero attached hydrogens (tertiary/aromatic N) is 6. The fraction of sp³-hybridized carbons (Fsp3) is 0.667. The van der Waals surface area contributed by atoms with Crippen molar-refractivity contribution in [3.63, 3.8) is 0 Å². The van der Waals surface area contributed by atoms with Crippen LogP contribution in [0.1, 0.15) is 160 Å². The fourth-order valence-corrected chi connectivity index (χ4v) is 19.6. The highest BCUT2D eigenvalue weighted by Gasteiger charge is 2.48. The molecule has 620 valence electrons. The van der Waals surface area contributed by atoms with Gasteiger partial charge < -0.3 is 88.1 Å². The van der Waals surface area contributed by atoms with E-state index in [0.717, 1.165) is 4.68 Å². The lowest BCUT2D eigenvalue weighted by atomic mass is 10.1. The number of carbonyl (C=O) groups is 14. The molecule has 0 aliphatic carbocycles. The van der Waals surface area contributed by atoms with Gasteiger partial charge in [-0.25, -0.2) is 28.7 Å². The van der Waals surface area contributed by atoms with Crippen molar-refractivity contribution in [2.45, 2.75) is 189 Å². The van der Waals surface area contributed by atoms with E-state index in [9.17, 15) is 106 Å². The van der Waals surface area contributed by atoms with Crippen LogP contribution < -0.4 is 42.5 Å². The number of halogens is 1. The number of hydrogen-bond acceptors (Lipinski definition) is 21. The van der Waals surface area contributed by atoms with Gasteiger partial charge in [-0.15, -0.1) is 13.7 Å².